The van der Waals surface area contributed by atoms with Gasteiger partial charge in [0.25, 0.3) is 11.8 Å². The number of benzene rings is 1. The lowest BCUT2D eigenvalue weighted by molar-refractivity contribution is -0.120. The Morgan fingerprint density at radius 2 is 1.85 bits per heavy atom. The molecule has 1 aliphatic carbocycles. The van der Waals surface area contributed by atoms with Crippen molar-refractivity contribution < 1.29 is 18.4 Å². The summed E-state index contributed by atoms with van der Waals surface area (Å²) in [4.78, 5) is 31.0. The first-order valence-electron chi connectivity index (χ1n) is 11.0. The van der Waals surface area contributed by atoms with E-state index in [9.17, 15) is 14.9 Å². The lowest BCUT2D eigenvalue weighted by Crippen LogP contribution is -2.38. The molecule has 2 N–H and O–H groups in total. The number of hydrogen-bond donors (Lipinski definition) is 2. The summed E-state index contributed by atoms with van der Waals surface area (Å²) in [6.07, 6.45) is 4.84. The lowest BCUT2D eigenvalue weighted by atomic mass is 9.95. The molecule has 5 rings (SSSR count). The molecule has 9 nitrogen and oxygen atoms in total. The number of rotatable bonds is 6. The predicted molar refractivity (Wildman–Crippen MR) is 119 cm³/mol. The number of nitriles is 1. The van der Waals surface area contributed by atoms with E-state index < -0.39 is 0 Å². The van der Waals surface area contributed by atoms with Crippen LogP contribution in [-0.2, 0) is 4.79 Å². The molecule has 0 unspecified atom stereocenters. The molecule has 168 valence electrons. The third-order valence-electron chi connectivity index (χ3n) is 5.93. The number of piperidine rings is 1. The second kappa shape index (κ2) is 8.82. The van der Waals surface area contributed by atoms with Gasteiger partial charge >= 0.3 is 0 Å². The van der Waals surface area contributed by atoms with E-state index in [0.717, 1.165) is 12.8 Å². The fourth-order valence-corrected chi connectivity index (χ4v) is 3.90. The van der Waals surface area contributed by atoms with Crippen LogP contribution in [0.3, 0.4) is 0 Å². The van der Waals surface area contributed by atoms with Crippen molar-refractivity contribution in [3.63, 3.8) is 0 Å². The van der Waals surface area contributed by atoms with E-state index >= 15 is 0 Å². The van der Waals surface area contributed by atoms with Crippen LogP contribution in [-0.4, -0.2) is 35.9 Å². The summed E-state index contributed by atoms with van der Waals surface area (Å²) in [7, 11) is 0. The first-order valence-corrected chi connectivity index (χ1v) is 11.0. The van der Waals surface area contributed by atoms with Gasteiger partial charge in [-0.1, -0.05) is 0 Å². The summed E-state index contributed by atoms with van der Waals surface area (Å²) in [6.45, 7) is 1.14. The highest BCUT2D eigenvalue weighted by Crippen LogP contribution is 2.31. The molecule has 1 aromatic carbocycles. The van der Waals surface area contributed by atoms with Gasteiger partial charge in [0.05, 0.1) is 6.26 Å². The highest BCUT2D eigenvalue weighted by Gasteiger charge is 2.29. The van der Waals surface area contributed by atoms with Crippen LogP contribution in [0.4, 0.5) is 11.6 Å². The average Bonchev–Trinajstić information content (AvgIpc) is 3.31. The number of amides is 2. The summed E-state index contributed by atoms with van der Waals surface area (Å²) < 4.78 is 11.1. The first-order chi connectivity index (χ1) is 16.1. The number of furan rings is 1. The second-order valence-electron chi connectivity index (χ2n) is 8.34. The Labute approximate surface area is 190 Å². The zero-order valence-electron chi connectivity index (χ0n) is 17.9. The Balaban J connectivity index is 1.17. The number of anilines is 2. The van der Waals surface area contributed by atoms with Crippen molar-refractivity contribution in [1.29, 1.82) is 5.26 Å². The Kier molecular flexibility index (Phi) is 5.57. The molecule has 1 saturated carbocycles. The second-order valence-corrected chi connectivity index (χ2v) is 8.34. The number of nitrogens with one attached hydrogen (secondary N) is 2. The molecule has 3 heterocycles. The third kappa shape index (κ3) is 4.60. The Morgan fingerprint density at radius 3 is 2.48 bits per heavy atom. The maximum absolute atomic E-state index is 12.8. The fourth-order valence-electron chi connectivity index (χ4n) is 3.90. The van der Waals surface area contributed by atoms with Gasteiger partial charge in [0.2, 0.25) is 17.5 Å². The number of carbonyl (C=O) groups excluding carboxylic acids is 2. The summed E-state index contributed by atoms with van der Waals surface area (Å²) in [5.41, 5.74) is 1.45. The van der Waals surface area contributed by atoms with Crippen molar-refractivity contribution in [1.82, 2.24) is 10.3 Å². The molecular formula is C24H23N5O4. The van der Waals surface area contributed by atoms with Crippen molar-refractivity contribution in [2.24, 2.45) is 5.92 Å². The number of aromatic nitrogens is 1. The minimum atomic E-state index is -0.155. The molecule has 1 saturated heterocycles. The SMILES string of the molecule is N#Cc1nc(-c2ccco2)oc1N1CCC(C(=O)Nc2ccc(C(=O)NC3CC3)cc2)CC1. The maximum Gasteiger partial charge on any atom is 0.266 e. The van der Waals surface area contributed by atoms with Crippen molar-refractivity contribution >= 4 is 23.4 Å². The quantitative estimate of drug-likeness (QED) is 0.594. The van der Waals surface area contributed by atoms with Gasteiger partial charge in [-0.05, 0) is 62.1 Å². The average molecular weight is 445 g/mol. The number of nitrogens with zero attached hydrogens (tertiary/aromatic N) is 3. The molecule has 0 bridgehead atoms. The van der Waals surface area contributed by atoms with Gasteiger partial charge in [-0.2, -0.15) is 10.2 Å². The minimum absolute atomic E-state index is 0.0563. The topological polar surface area (TPSA) is 124 Å². The fraction of sp³-hybridized carbons (Fsp3) is 0.333. The van der Waals surface area contributed by atoms with Gasteiger partial charge in [-0.3, -0.25) is 9.59 Å². The molecule has 2 aliphatic rings. The molecule has 2 aromatic heterocycles. The molecule has 0 radical (unpaired) electrons. The van der Waals surface area contributed by atoms with Crippen LogP contribution in [0.1, 0.15) is 41.7 Å². The monoisotopic (exact) mass is 445 g/mol. The van der Waals surface area contributed by atoms with E-state index in [1.54, 1.807) is 36.4 Å². The molecule has 33 heavy (non-hydrogen) atoms. The Morgan fingerprint density at radius 1 is 1.09 bits per heavy atom. The minimum Gasteiger partial charge on any atom is -0.459 e. The van der Waals surface area contributed by atoms with Gasteiger partial charge < -0.3 is 24.4 Å². The van der Waals surface area contributed by atoms with Crippen molar-refractivity contribution in [2.75, 3.05) is 23.3 Å². The predicted octanol–water partition coefficient (Wildman–Crippen LogP) is 3.55. The lowest BCUT2D eigenvalue weighted by Gasteiger charge is -2.30. The molecule has 2 amide bonds. The third-order valence-corrected chi connectivity index (χ3v) is 5.93. The highest BCUT2D eigenvalue weighted by atomic mass is 16.4. The molecule has 3 aromatic rings. The van der Waals surface area contributed by atoms with Gasteiger partial charge in [0.15, 0.2) is 5.76 Å². The number of carbonyl (C=O) groups is 2. The van der Waals surface area contributed by atoms with Crippen LogP contribution in [0.25, 0.3) is 11.7 Å². The zero-order chi connectivity index (χ0) is 22.8. The van der Waals surface area contributed by atoms with Gasteiger partial charge in [-0.15, -0.1) is 0 Å². The van der Waals surface area contributed by atoms with Crippen molar-refractivity contribution in [3.05, 3.63) is 53.9 Å². The Bertz CT molecular complexity index is 1180. The summed E-state index contributed by atoms with van der Waals surface area (Å²) in [6, 6.07) is 12.8. The smallest absolute Gasteiger partial charge is 0.266 e. The van der Waals surface area contributed by atoms with E-state index in [4.69, 9.17) is 8.83 Å². The van der Waals surface area contributed by atoms with Crippen LogP contribution in [0, 0.1) is 17.2 Å². The zero-order valence-corrected chi connectivity index (χ0v) is 17.9. The first kappa shape index (κ1) is 20.8. The van der Waals surface area contributed by atoms with Crippen LogP contribution in [0.15, 0.2) is 51.5 Å². The molecule has 2 fully saturated rings. The molecule has 1 aliphatic heterocycles. The van der Waals surface area contributed by atoms with E-state index in [0.29, 0.717) is 54.9 Å². The van der Waals surface area contributed by atoms with Crippen LogP contribution < -0.4 is 15.5 Å². The normalized spacial score (nSPS) is 16.3. The standard InChI is InChI=1S/C24H23N5O4/c25-14-19-24(33-23(28-19)20-2-1-13-32-20)29-11-9-16(10-12-29)22(31)26-17-5-3-15(4-6-17)21(30)27-18-7-8-18/h1-6,13,16,18H,7-12H2,(H,26,31)(H,27,30). The number of hydrogen-bond acceptors (Lipinski definition) is 7. The van der Waals surface area contributed by atoms with Gasteiger partial charge in [0, 0.05) is 36.3 Å². The summed E-state index contributed by atoms with van der Waals surface area (Å²) in [5.74, 6) is 0.838. The van der Waals surface area contributed by atoms with Crippen LogP contribution in [0.2, 0.25) is 0 Å². The summed E-state index contributed by atoms with van der Waals surface area (Å²) >= 11 is 0. The highest BCUT2D eigenvalue weighted by molar-refractivity contribution is 5.96. The van der Waals surface area contributed by atoms with E-state index in [-0.39, 0.29) is 29.3 Å². The van der Waals surface area contributed by atoms with Crippen LogP contribution in [0.5, 0.6) is 0 Å². The Hall–Kier alpha value is -4.06. The van der Waals surface area contributed by atoms with E-state index in [1.807, 2.05) is 4.90 Å². The molecule has 9 heteroatoms. The van der Waals surface area contributed by atoms with Gasteiger partial charge in [-0.25, -0.2) is 0 Å². The molecular weight excluding hydrogens is 422 g/mol. The maximum atomic E-state index is 12.8. The van der Waals surface area contributed by atoms with Crippen molar-refractivity contribution in [3.8, 4) is 17.7 Å². The summed E-state index contributed by atoms with van der Waals surface area (Å²) in [5, 5.41) is 15.3. The van der Waals surface area contributed by atoms with Gasteiger partial charge in [0.1, 0.15) is 6.07 Å². The van der Waals surface area contributed by atoms with Crippen LogP contribution >= 0.6 is 0 Å². The van der Waals surface area contributed by atoms with E-state index in [1.165, 1.54) is 6.26 Å². The van der Waals surface area contributed by atoms with E-state index in [2.05, 4.69) is 21.7 Å². The van der Waals surface area contributed by atoms with Crippen molar-refractivity contribution in [2.45, 2.75) is 31.7 Å². The molecule has 0 spiro atoms. The largest absolute Gasteiger partial charge is 0.459 e. The number of oxazole rings is 1. The molecule has 0 atom stereocenters.